The third-order valence-corrected chi connectivity index (χ3v) is 3.88. The number of hydrogen-bond donors (Lipinski definition) is 0. The normalized spacial score (nSPS) is 14.0. The first-order valence-corrected chi connectivity index (χ1v) is 8.00. The first-order chi connectivity index (χ1) is 10.5. The minimum atomic E-state index is 0.0243. The number of ketones is 1. The van der Waals surface area contributed by atoms with E-state index in [2.05, 4.69) is 13.8 Å². The molecule has 0 atom stereocenters. The van der Waals surface area contributed by atoms with Gasteiger partial charge < -0.3 is 9.64 Å². The van der Waals surface area contributed by atoms with E-state index in [0.29, 0.717) is 23.3 Å². The monoisotopic (exact) mass is 303 g/mol. The van der Waals surface area contributed by atoms with Gasteiger partial charge in [0.2, 0.25) is 0 Å². The minimum Gasteiger partial charge on any atom is -0.484 e. The summed E-state index contributed by atoms with van der Waals surface area (Å²) in [6.45, 7) is 6.74. The second-order valence-electron chi connectivity index (χ2n) is 6.37. The maximum absolute atomic E-state index is 12.3. The van der Waals surface area contributed by atoms with Crippen molar-refractivity contribution in [2.24, 2.45) is 5.92 Å². The van der Waals surface area contributed by atoms with E-state index in [4.69, 9.17) is 4.74 Å². The van der Waals surface area contributed by atoms with Crippen LogP contribution in [0.1, 0.15) is 50.4 Å². The molecule has 1 saturated carbocycles. The molecule has 120 valence electrons. The highest BCUT2D eigenvalue weighted by atomic mass is 16.5. The number of ether oxygens (including phenoxy) is 1. The second kappa shape index (κ2) is 7.43. The summed E-state index contributed by atoms with van der Waals surface area (Å²) < 4.78 is 5.57. The van der Waals surface area contributed by atoms with Gasteiger partial charge in [-0.3, -0.25) is 9.59 Å². The summed E-state index contributed by atoms with van der Waals surface area (Å²) in [6.07, 6.45) is 3.24. The number of hydrogen-bond acceptors (Lipinski definition) is 3. The topological polar surface area (TPSA) is 46.6 Å². The Morgan fingerprint density at radius 2 is 1.86 bits per heavy atom. The molecule has 1 aromatic carbocycles. The molecule has 4 heteroatoms. The van der Waals surface area contributed by atoms with Crippen molar-refractivity contribution >= 4 is 11.7 Å². The lowest BCUT2D eigenvalue weighted by Crippen LogP contribution is -2.37. The molecule has 1 amide bonds. The van der Waals surface area contributed by atoms with Gasteiger partial charge in [0.1, 0.15) is 5.75 Å². The Hall–Kier alpha value is -1.84. The summed E-state index contributed by atoms with van der Waals surface area (Å²) >= 11 is 0. The SMILES string of the molecule is CC(=O)c1ccc(OCC(=O)N(CCC(C)C)C2CC2)cc1. The van der Waals surface area contributed by atoms with Crippen molar-refractivity contribution in [2.45, 2.75) is 46.1 Å². The van der Waals surface area contributed by atoms with Crippen LogP contribution in [0.5, 0.6) is 5.75 Å². The zero-order valence-electron chi connectivity index (χ0n) is 13.7. The molecule has 1 aromatic rings. The van der Waals surface area contributed by atoms with Crippen LogP contribution < -0.4 is 4.74 Å². The summed E-state index contributed by atoms with van der Waals surface area (Å²) in [4.78, 5) is 25.5. The third kappa shape index (κ3) is 4.86. The number of rotatable bonds is 8. The van der Waals surface area contributed by atoms with E-state index in [1.807, 2.05) is 4.90 Å². The zero-order chi connectivity index (χ0) is 16.1. The molecule has 0 N–H and O–H groups in total. The Morgan fingerprint density at radius 1 is 1.23 bits per heavy atom. The molecule has 0 aliphatic heterocycles. The molecule has 2 rings (SSSR count). The Labute approximate surface area is 132 Å². The van der Waals surface area contributed by atoms with Crippen molar-refractivity contribution in [1.82, 2.24) is 4.90 Å². The smallest absolute Gasteiger partial charge is 0.260 e. The molecule has 4 nitrogen and oxygen atoms in total. The molecular weight excluding hydrogens is 278 g/mol. The lowest BCUT2D eigenvalue weighted by molar-refractivity contribution is -0.134. The highest BCUT2D eigenvalue weighted by Crippen LogP contribution is 2.27. The average molecular weight is 303 g/mol. The van der Waals surface area contributed by atoms with Gasteiger partial charge in [-0.05, 0) is 56.4 Å². The first kappa shape index (κ1) is 16.5. The van der Waals surface area contributed by atoms with Crippen LogP contribution in [0.15, 0.2) is 24.3 Å². The molecule has 0 unspecified atom stereocenters. The van der Waals surface area contributed by atoms with Gasteiger partial charge in [0.05, 0.1) is 0 Å². The van der Waals surface area contributed by atoms with Gasteiger partial charge >= 0.3 is 0 Å². The molecule has 0 bridgehead atoms. The van der Waals surface area contributed by atoms with Gasteiger partial charge in [-0.25, -0.2) is 0 Å². The Balaban J connectivity index is 1.85. The van der Waals surface area contributed by atoms with Crippen LogP contribution in [0.3, 0.4) is 0 Å². The molecule has 0 aromatic heterocycles. The van der Waals surface area contributed by atoms with Crippen molar-refractivity contribution in [1.29, 1.82) is 0 Å². The lowest BCUT2D eigenvalue weighted by Gasteiger charge is -2.23. The molecule has 0 spiro atoms. The molecule has 1 aliphatic carbocycles. The van der Waals surface area contributed by atoms with Gasteiger partial charge in [-0.15, -0.1) is 0 Å². The number of benzene rings is 1. The van der Waals surface area contributed by atoms with E-state index in [1.165, 1.54) is 6.92 Å². The molecule has 1 fully saturated rings. The summed E-state index contributed by atoms with van der Waals surface area (Å²) in [5.74, 6) is 1.29. The number of amides is 1. The van der Waals surface area contributed by atoms with E-state index in [1.54, 1.807) is 24.3 Å². The third-order valence-electron chi connectivity index (χ3n) is 3.88. The van der Waals surface area contributed by atoms with E-state index < -0.39 is 0 Å². The first-order valence-electron chi connectivity index (χ1n) is 8.00. The van der Waals surface area contributed by atoms with Crippen LogP contribution >= 0.6 is 0 Å². The predicted octanol–water partition coefficient (Wildman–Crippen LogP) is 3.31. The second-order valence-corrected chi connectivity index (χ2v) is 6.37. The summed E-state index contributed by atoms with van der Waals surface area (Å²) in [6, 6.07) is 7.33. The molecule has 0 radical (unpaired) electrons. The van der Waals surface area contributed by atoms with Crippen molar-refractivity contribution in [2.75, 3.05) is 13.2 Å². The number of Topliss-reactive ketones (excluding diaryl/α,β-unsaturated/α-hetero) is 1. The van der Waals surface area contributed by atoms with E-state index in [0.717, 1.165) is 25.8 Å². The standard InChI is InChI=1S/C18H25NO3/c1-13(2)10-11-19(16-6-7-16)18(21)12-22-17-8-4-15(5-9-17)14(3)20/h4-5,8-9,13,16H,6-7,10-12H2,1-3H3. The number of carbonyl (C=O) groups excluding carboxylic acids is 2. The summed E-state index contributed by atoms with van der Waals surface area (Å²) in [5, 5.41) is 0. The predicted molar refractivity (Wildman–Crippen MR) is 86.1 cm³/mol. The summed E-state index contributed by atoms with van der Waals surface area (Å²) in [5.41, 5.74) is 0.648. The Morgan fingerprint density at radius 3 is 2.36 bits per heavy atom. The van der Waals surface area contributed by atoms with Crippen molar-refractivity contribution < 1.29 is 14.3 Å². The number of carbonyl (C=O) groups is 2. The lowest BCUT2D eigenvalue weighted by atomic mass is 10.1. The van der Waals surface area contributed by atoms with Crippen LogP contribution in [0.2, 0.25) is 0 Å². The molecular formula is C18H25NO3. The highest BCUT2D eigenvalue weighted by Gasteiger charge is 2.32. The fraction of sp³-hybridized carbons (Fsp3) is 0.556. The van der Waals surface area contributed by atoms with E-state index in [9.17, 15) is 9.59 Å². The average Bonchev–Trinajstić information content (AvgIpc) is 3.30. The Kier molecular flexibility index (Phi) is 5.58. The molecule has 0 heterocycles. The zero-order valence-corrected chi connectivity index (χ0v) is 13.7. The van der Waals surface area contributed by atoms with Crippen LogP contribution in [0.4, 0.5) is 0 Å². The van der Waals surface area contributed by atoms with Gasteiger partial charge in [-0.2, -0.15) is 0 Å². The van der Waals surface area contributed by atoms with Crippen LogP contribution in [-0.4, -0.2) is 35.8 Å². The van der Waals surface area contributed by atoms with Gasteiger partial charge in [0.25, 0.3) is 5.91 Å². The van der Waals surface area contributed by atoms with Gasteiger partial charge in [-0.1, -0.05) is 13.8 Å². The summed E-state index contributed by atoms with van der Waals surface area (Å²) in [7, 11) is 0. The number of nitrogens with zero attached hydrogens (tertiary/aromatic N) is 1. The largest absolute Gasteiger partial charge is 0.484 e. The van der Waals surface area contributed by atoms with Gasteiger partial charge in [0.15, 0.2) is 12.4 Å². The van der Waals surface area contributed by atoms with Gasteiger partial charge in [0, 0.05) is 18.2 Å². The maximum atomic E-state index is 12.3. The molecule has 1 aliphatic rings. The molecule has 0 saturated heterocycles. The van der Waals surface area contributed by atoms with Crippen LogP contribution in [-0.2, 0) is 4.79 Å². The minimum absolute atomic E-state index is 0.0243. The maximum Gasteiger partial charge on any atom is 0.260 e. The quantitative estimate of drug-likeness (QED) is 0.692. The Bertz CT molecular complexity index is 518. The van der Waals surface area contributed by atoms with Crippen molar-refractivity contribution in [3.63, 3.8) is 0 Å². The van der Waals surface area contributed by atoms with Crippen molar-refractivity contribution in [3.05, 3.63) is 29.8 Å². The van der Waals surface area contributed by atoms with Crippen LogP contribution in [0, 0.1) is 5.92 Å². The fourth-order valence-electron chi connectivity index (χ4n) is 2.31. The molecule has 22 heavy (non-hydrogen) atoms. The fourth-order valence-corrected chi connectivity index (χ4v) is 2.31. The van der Waals surface area contributed by atoms with E-state index >= 15 is 0 Å². The van der Waals surface area contributed by atoms with Crippen LogP contribution in [0.25, 0.3) is 0 Å². The van der Waals surface area contributed by atoms with Crippen molar-refractivity contribution in [3.8, 4) is 5.75 Å². The highest BCUT2D eigenvalue weighted by molar-refractivity contribution is 5.94. The van der Waals surface area contributed by atoms with E-state index in [-0.39, 0.29) is 18.3 Å².